The molecule has 0 radical (unpaired) electrons. The van der Waals surface area contributed by atoms with Gasteiger partial charge in [0.25, 0.3) is 0 Å². The average molecular weight is 291 g/mol. The molecule has 1 heterocycles. The molecule has 2 N–H and O–H groups in total. The van der Waals surface area contributed by atoms with Gasteiger partial charge in [0.05, 0.1) is 0 Å². The predicted molar refractivity (Wildman–Crippen MR) is 84.9 cm³/mol. The quantitative estimate of drug-likeness (QED) is 0.902. The lowest BCUT2D eigenvalue weighted by Crippen LogP contribution is -2.35. The molecule has 1 aliphatic carbocycles. The highest BCUT2D eigenvalue weighted by atomic mass is 16.5. The summed E-state index contributed by atoms with van der Waals surface area (Å²) in [5.74, 6) is 0.818. The van der Waals surface area contributed by atoms with Crippen LogP contribution in [0.15, 0.2) is 6.20 Å². The average Bonchev–Trinajstić information content (AvgIpc) is 2.43. The van der Waals surface area contributed by atoms with Gasteiger partial charge >= 0.3 is 0 Å². The molecule has 0 saturated heterocycles. The van der Waals surface area contributed by atoms with Crippen LogP contribution < -0.4 is 5.73 Å². The minimum absolute atomic E-state index is 0.0440. The molecule has 1 unspecified atom stereocenters. The molecule has 0 aliphatic heterocycles. The molecule has 1 aliphatic rings. The Hall–Kier alpha value is -1.00. The summed E-state index contributed by atoms with van der Waals surface area (Å²) in [5.41, 5.74) is 8.34. The fourth-order valence-electron chi connectivity index (χ4n) is 3.44. The van der Waals surface area contributed by atoms with Crippen LogP contribution >= 0.6 is 0 Å². The molecule has 21 heavy (non-hydrogen) atoms. The van der Waals surface area contributed by atoms with Crippen LogP contribution in [0, 0.1) is 5.41 Å². The summed E-state index contributed by atoms with van der Waals surface area (Å²) < 4.78 is 6.03. The summed E-state index contributed by atoms with van der Waals surface area (Å²) in [5, 5.41) is 0. The minimum atomic E-state index is -0.366. The van der Waals surface area contributed by atoms with E-state index in [1.165, 1.54) is 0 Å². The van der Waals surface area contributed by atoms with Crippen LogP contribution in [-0.2, 0) is 16.8 Å². The highest BCUT2D eigenvalue weighted by Crippen LogP contribution is 2.39. The molecular formula is C17H29N3O. The standard InChI is InChI=1S/C17H29N3O/c1-6-17(7-2,21-8-3)15-19-11-12-13(18)9-16(4,5)10-14(12)20-15/h11,13H,6-10,18H2,1-5H3. The zero-order valence-electron chi connectivity index (χ0n) is 14.1. The Morgan fingerprint density at radius 1 is 1.33 bits per heavy atom. The van der Waals surface area contributed by atoms with Gasteiger partial charge in [-0.25, -0.2) is 9.97 Å². The molecule has 2 rings (SSSR count). The lowest BCUT2D eigenvalue weighted by atomic mass is 9.74. The lowest BCUT2D eigenvalue weighted by Gasteiger charge is -2.36. The zero-order chi connectivity index (χ0) is 15.7. The van der Waals surface area contributed by atoms with Crippen molar-refractivity contribution in [1.82, 2.24) is 9.97 Å². The molecule has 4 heteroatoms. The smallest absolute Gasteiger partial charge is 0.160 e. The summed E-state index contributed by atoms with van der Waals surface area (Å²) in [4.78, 5) is 9.48. The maximum absolute atomic E-state index is 6.29. The van der Waals surface area contributed by atoms with Gasteiger partial charge in [-0.15, -0.1) is 0 Å². The summed E-state index contributed by atoms with van der Waals surface area (Å²) >= 11 is 0. The number of hydrogen-bond donors (Lipinski definition) is 1. The van der Waals surface area contributed by atoms with E-state index in [0.29, 0.717) is 6.61 Å². The normalized spacial score (nSPS) is 21.1. The molecule has 0 fully saturated rings. The summed E-state index contributed by atoms with van der Waals surface area (Å²) in [6.45, 7) is 11.5. The summed E-state index contributed by atoms with van der Waals surface area (Å²) in [7, 11) is 0. The Morgan fingerprint density at radius 2 is 2.00 bits per heavy atom. The van der Waals surface area contributed by atoms with E-state index in [1.54, 1.807) is 0 Å². The number of nitrogens with zero attached hydrogens (tertiary/aromatic N) is 2. The second-order valence-electron chi connectivity index (χ2n) is 6.88. The Kier molecular flexibility index (Phi) is 4.69. The molecule has 0 amide bonds. The molecule has 1 atom stereocenters. The number of nitrogens with two attached hydrogens (primary N) is 1. The van der Waals surface area contributed by atoms with Crippen LogP contribution in [0.3, 0.4) is 0 Å². The monoisotopic (exact) mass is 291 g/mol. The van der Waals surface area contributed by atoms with Crippen molar-refractivity contribution >= 4 is 0 Å². The summed E-state index contributed by atoms with van der Waals surface area (Å²) in [6, 6.07) is 0.0440. The predicted octanol–water partition coefficient (Wildman–Crippen LogP) is 3.50. The molecule has 0 saturated carbocycles. The van der Waals surface area contributed by atoms with Gasteiger partial charge in [0, 0.05) is 30.1 Å². The molecular weight excluding hydrogens is 262 g/mol. The van der Waals surface area contributed by atoms with E-state index >= 15 is 0 Å². The number of ether oxygens (including phenoxy) is 1. The van der Waals surface area contributed by atoms with Gasteiger partial charge in [-0.05, 0) is 38.0 Å². The van der Waals surface area contributed by atoms with Crippen LogP contribution in [0.4, 0.5) is 0 Å². The van der Waals surface area contributed by atoms with Gasteiger partial charge in [0.2, 0.25) is 0 Å². The molecule has 1 aromatic heterocycles. The van der Waals surface area contributed by atoms with Gasteiger partial charge in [-0.2, -0.15) is 0 Å². The maximum Gasteiger partial charge on any atom is 0.160 e. The Morgan fingerprint density at radius 3 is 2.57 bits per heavy atom. The second-order valence-corrected chi connectivity index (χ2v) is 6.88. The fourth-order valence-corrected chi connectivity index (χ4v) is 3.44. The number of aromatic nitrogens is 2. The fraction of sp³-hybridized carbons (Fsp3) is 0.765. The van der Waals surface area contributed by atoms with Crippen LogP contribution in [0.25, 0.3) is 0 Å². The van der Waals surface area contributed by atoms with Gasteiger partial charge in [0.15, 0.2) is 5.82 Å². The van der Waals surface area contributed by atoms with E-state index in [1.807, 2.05) is 13.1 Å². The molecule has 0 spiro atoms. The molecule has 0 aromatic carbocycles. The molecule has 118 valence electrons. The Balaban J connectivity index is 2.44. The lowest BCUT2D eigenvalue weighted by molar-refractivity contribution is -0.0574. The minimum Gasteiger partial charge on any atom is -0.367 e. The first-order chi connectivity index (χ1) is 9.87. The third-order valence-corrected chi connectivity index (χ3v) is 4.69. The van der Waals surface area contributed by atoms with Gasteiger partial charge in [0.1, 0.15) is 5.60 Å². The van der Waals surface area contributed by atoms with Crippen molar-refractivity contribution in [2.24, 2.45) is 11.1 Å². The second kappa shape index (κ2) is 6.01. The van der Waals surface area contributed by atoms with E-state index in [-0.39, 0.29) is 17.1 Å². The van der Waals surface area contributed by atoms with Gasteiger partial charge < -0.3 is 10.5 Å². The van der Waals surface area contributed by atoms with Crippen LogP contribution in [0.1, 0.15) is 77.0 Å². The molecule has 0 bridgehead atoms. The van der Waals surface area contributed by atoms with Crippen LogP contribution in [-0.4, -0.2) is 16.6 Å². The first kappa shape index (κ1) is 16.4. The van der Waals surface area contributed by atoms with Crippen molar-refractivity contribution in [3.8, 4) is 0 Å². The topological polar surface area (TPSA) is 61.0 Å². The Bertz CT molecular complexity index is 495. The van der Waals surface area contributed by atoms with Crippen molar-refractivity contribution in [3.63, 3.8) is 0 Å². The van der Waals surface area contributed by atoms with Gasteiger partial charge in [-0.1, -0.05) is 27.7 Å². The SMILES string of the molecule is CCOC(CC)(CC)c1ncc2c(n1)CC(C)(C)CC2N. The van der Waals surface area contributed by atoms with Crippen molar-refractivity contribution in [1.29, 1.82) is 0 Å². The summed E-state index contributed by atoms with van der Waals surface area (Å²) in [6.07, 6.45) is 5.63. The highest BCUT2D eigenvalue weighted by Gasteiger charge is 2.36. The van der Waals surface area contributed by atoms with Crippen LogP contribution in [0.5, 0.6) is 0 Å². The number of rotatable bonds is 5. The van der Waals surface area contributed by atoms with Crippen molar-refractivity contribution in [2.75, 3.05) is 6.61 Å². The van der Waals surface area contributed by atoms with Gasteiger partial charge in [-0.3, -0.25) is 0 Å². The zero-order valence-corrected chi connectivity index (χ0v) is 14.1. The first-order valence-corrected chi connectivity index (χ1v) is 8.13. The van der Waals surface area contributed by atoms with Crippen molar-refractivity contribution in [2.45, 2.75) is 71.9 Å². The van der Waals surface area contributed by atoms with E-state index in [9.17, 15) is 0 Å². The molecule has 1 aromatic rings. The van der Waals surface area contributed by atoms with E-state index in [2.05, 4.69) is 32.7 Å². The van der Waals surface area contributed by atoms with E-state index in [0.717, 1.165) is 42.8 Å². The number of fused-ring (bicyclic) bond motifs is 1. The Labute approximate surface area is 128 Å². The first-order valence-electron chi connectivity index (χ1n) is 8.13. The van der Waals surface area contributed by atoms with Crippen molar-refractivity contribution < 1.29 is 4.74 Å². The molecule has 4 nitrogen and oxygen atoms in total. The van der Waals surface area contributed by atoms with Crippen LogP contribution in [0.2, 0.25) is 0 Å². The largest absolute Gasteiger partial charge is 0.367 e. The van der Waals surface area contributed by atoms with E-state index < -0.39 is 0 Å². The third-order valence-electron chi connectivity index (χ3n) is 4.69. The van der Waals surface area contributed by atoms with E-state index in [4.69, 9.17) is 15.5 Å². The highest BCUT2D eigenvalue weighted by molar-refractivity contribution is 5.27. The van der Waals surface area contributed by atoms with Crippen molar-refractivity contribution in [3.05, 3.63) is 23.3 Å². The number of hydrogen-bond acceptors (Lipinski definition) is 4. The third kappa shape index (κ3) is 3.11. The maximum atomic E-state index is 6.29.